The van der Waals surface area contributed by atoms with Gasteiger partial charge in [-0.25, -0.2) is 22.6 Å². The van der Waals surface area contributed by atoms with Crippen LogP contribution in [0.15, 0.2) is 77.9 Å². The molecule has 4 aromatic rings. The van der Waals surface area contributed by atoms with Crippen LogP contribution in [0.25, 0.3) is 22.4 Å². The third kappa shape index (κ3) is 6.09. The Bertz CT molecular complexity index is 1920. The van der Waals surface area contributed by atoms with Crippen LogP contribution in [0.1, 0.15) is 52.7 Å². The van der Waals surface area contributed by atoms with Gasteiger partial charge in [-0.05, 0) is 78.9 Å². The molecule has 0 amide bonds. The van der Waals surface area contributed by atoms with Crippen molar-refractivity contribution in [3.8, 4) is 22.9 Å². The summed E-state index contributed by atoms with van der Waals surface area (Å²) in [5.41, 5.74) is 3.24. The summed E-state index contributed by atoms with van der Waals surface area (Å²) in [6, 6.07) is 14.7. The van der Waals surface area contributed by atoms with Crippen LogP contribution >= 0.6 is 11.6 Å². The number of halogens is 2. The largest absolute Gasteiger partial charge is 0.497 e. The number of allylic oxidation sites excluding steroid dienone is 4. The summed E-state index contributed by atoms with van der Waals surface area (Å²) in [6.07, 6.45) is 7.35. The number of rotatable bonds is 8. The van der Waals surface area contributed by atoms with Gasteiger partial charge in [0, 0.05) is 23.1 Å². The van der Waals surface area contributed by atoms with Crippen LogP contribution in [0.5, 0.6) is 11.5 Å². The van der Waals surface area contributed by atoms with E-state index in [1.165, 1.54) is 18.2 Å². The van der Waals surface area contributed by atoms with E-state index in [0.29, 0.717) is 46.2 Å². The number of imidazole rings is 1. The van der Waals surface area contributed by atoms with Gasteiger partial charge >= 0.3 is 5.97 Å². The summed E-state index contributed by atoms with van der Waals surface area (Å²) in [5.74, 6) is -0.200. The number of carbonyl (C=O) groups is 1. The Morgan fingerprint density at radius 2 is 1.86 bits per heavy atom. The zero-order valence-electron chi connectivity index (χ0n) is 23.9. The maximum absolute atomic E-state index is 15.8. The van der Waals surface area contributed by atoms with E-state index in [9.17, 15) is 18.3 Å². The van der Waals surface area contributed by atoms with Gasteiger partial charge in [-0.3, -0.25) is 0 Å². The minimum Gasteiger partial charge on any atom is -0.497 e. The first-order valence-electron chi connectivity index (χ1n) is 14.2. The Labute approximate surface area is 259 Å². The fourth-order valence-electron chi connectivity index (χ4n) is 5.88. The molecule has 1 fully saturated rings. The van der Waals surface area contributed by atoms with Gasteiger partial charge in [-0.1, -0.05) is 29.8 Å². The second-order valence-corrected chi connectivity index (χ2v) is 13.7. The molecule has 6 rings (SSSR count). The van der Waals surface area contributed by atoms with Crippen molar-refractivity contribution in [2.45, 2.75) is 37.8 Å². The van der Waals surface area contributed by atoms with Gasteiger partial charge in [0.05, 0.1) is 40.8 Å². The number of hydrogen-bond acceptors (Lipinski definition) is 6. The molecule has 228 valence electrons. The summed E-state index contributed by atoms with van der Waals surface area (Å²) in [6.45, 7) is 0.181. The molecule has 1 aliphatic carbocycles. The van der Waals surface area contributed by atoms with E-state index in [4.69, 9.17) is 21.1 Å². The Morgan fingerprint density at radius 3 is 2.55 bits per heavy atom. The first kappa shape index (κ1) is 29.9. The number of benzene rings is 3. The van der Waals surface area contributed by atoms with Crippen molar-refractivity contribution in [1.82, 2.24) is 9.55 Å². The predicted molar refractivity (Wildman–Crippen MR) is 167 cm³/mol. The fraction of sp³-hybridized carbons (Fsp3) is 0.273. The summed E-state index contributed by atoms with van der Waals surface area (Å²) in [5, 5.41) is 10.2. The Kier molecular flexibility index (Phi) is 8.22. The lowest BCUT2D eigenvalue weighted by Gasteiger charge is -2.26. The van der Waals surface area contributed by atoms with Crippen molar-refractivity contribution in [3.63, 3.8) is 0 Å². The van der Waals surface area contributed by atoms with Gasteiger partial charge in [-0.15, -0.1) is 0 Å². The molecule has 0 saturated carbocycles. The fourth-order valence-corrected chi connectivity index (χ4v) is 7.50. The standard InChI is InChI=1S/C33H30ClFN2O6S/c1-42-25-7-9-27(20-2-5-23(34)6-3-20)22(16-25)19-43-26-8-10-28(29(35)18-26)32-36-30-17-21(33(38)39)4-11-31(30)37(32)24-12-14-44(40,41)15-13-24/h2,4-11,16-18,20,24H,3,12-15,19H2,1H3,(H,38,39). The minimum atomic E-state index is -3.14. The lowest BCUT2D eigenvalue weighted by atomic mass is 9.89. The number of aromatic carboxylic acids is 1. The Hall–Kier alpha value is -4.15. The smallest absolute Gasteiger partial charge is 0.335 e. The summed E-state index contributed by atoms with van der Waals surface area (Å²) in [4.78, 5) is 16.2. The monoisotopic (exact) mass is 636 g/mol. The number of carboxylic acid groups (broad SMARTS) is 1. The molecular formula is C33H30ClFN2O6S. The molecule has 2 aliphatic rings. The van der Waals surface area contributed by atoms with E-state index in [1.54, 1.807) is 25.3 Å². The van der Waals surface area contributed by atoms with Gasteiger partial charge in [0.25, 0.3) is 0 Å². The molecule has 1 saturated heterocycles. The molecule has 0 bridgehead atoms. The third-order valence-electron chi connectivity index (χ3n) is 8.21. The zero-order chi connectivity index (χ0) is 31.0. The number of fused-ring (bicyclic) bond motifs is 1. The third-order valence-corrected chi connectivity index (χ3v) is 10.2. The van der Waals surface area contributed by atoms with Crippen LogP contribution in [-0.2, 0) is 16.4 Å². The van der Waals surface area contributed by atoms with Crippen LogP contribution in [0.4, 0.5) is 4.39 Å². The molecule has 0 spiro atoms. The predicted octanol–water partition coefficient (Wildman–Crippen LogP) is 7.04. The molecule has 8 nitrogen and oxygen atoms in total. The number of hydrogen-bond donors (Lipinski definition) is 1. The molecule has 1 N–H and O–H groups in total. The summed E-state index contributed by atoms with van der Waals surface area (Å²) < 4.78 is 53.4. The number of ether oxygens (including phenoxy) is 2. The topological polar surface area (TPSA) is 108 Å². The van der Waals surface area contributed by atoms with Crippen LogP contribution in [0.2, 0.25) is 0 Å². The van der Waals surface area contributed by atoms with Crippen LogP contribution in [0, 0.1) is 5.82 Å². The van der Waals surface area contributed by atoms with Crippen LogP contribution in [-0.4, -0.2) is 47.7 Å². The molecule has 44 heavy (non-hydrogen) atoms. The summed E-state index contributed by atoms with van der Waals surface area (Å²) in [7, 11) is -1.54. The average molecular weight is 637 g/mol. The maximum Gasteiger partial charge on any atom is 0.335 e. The number of nitrogens with zero attached hydrogens (tertiary/aromatic N) is 2. The van der Waals surface area contributed by atoms with Gasteiger partial charge in [0.15, 0.2) is 0 Å². The highest BCUT2D eigenvalue weighted by atomic mass is 35.5. The molecule has 0 radical (unpaired) electrons. The first-order chi connectivity index (χ1) is 21.1. The van der Waals surface area contributed by atoms with Crippen molar-refractivity contribution < 1.29 is 32.2 Å². The van der Waals surface area contributed by atoms with Crippen molar-refractivity contribution in [3.05, 3.63) is 100 Å². The van der Waals surface area contributed by atoms with Crippen molar-refractivity contribution in [2.75, 3.05) is 18.6 Å². The molecule has 1 atom stereocenters. The van der Waals surface area contributed by atoms with E-state index in [2.05, 4.69) is 11.1 Å². The summed E-state index contributed by atoms with van der Waals surface area (Å²) >= 11 is 6.12. The van der Waals surface area contributed by atoms with Gasteiger partial charge < -0.3 is 19.1 Å². The lowest BCUT2D eigenvalue weighted by molar-refractivity contribution is 0.0697. The Balaban J connectivity index is 1.31. The normalized spacial score (nSPS) is 18.2. The second kappa shape index (κ2) is 12.1. The van der Waals surface area contributed by atoms with Crippen molar-refractivity contribution in [2.24, 2.45) is 0 Å². The lowest BCUT2D eigenvalue weighted by Crippen LogP contribution is -2.26. The van der Waals surface area contributed by atoms with Crippen molar-refractivity contribution in [1.29, 1.82) is 0 Å². The molecule has 3 aromatic carbocycles. The quantitative estimate of drug-likeness (QED) is 0.221. The van der Waals surface area contributed by atoms with Crippen molar-refractivity contribution >= 4 is 38.4 Å². The van der Waals surface area contributed by atoms with E-state index in [-0.39, 0.29) is 41.2 Å². The Morgan fingerprint density at radius 1 is 1.09 bits per heavy atom. The number of carboxylic acids is 1. The average Bonchev–Trinajstić information content (AvgIpc) is 3.39. The van der Waals surface area contributed by atoms with Gasteiger partial charge in [-0.2, -0.15) is 0 Å². The SMILES string of the molecule is COc1ccc(C2C=CC(Cl)=CC2)c(COc2ccc(-c3nc4cc(C(=O)O)ccc4n3C3CCS(=O)(=O)CC3)c(F)c2)c1. The maximum atomic E-state index is 15.8. The zero-order valence-corrected chi connectivity index (χ0v) is 25.4. The highest BCUT2D eigenvalue weighted by molar-refractivity contribution is 7.91. The molecular weight excluding hydrogens is 607 g/mol. The van der Waals surface area contributed by atoms with Crippen LogP contribution < -0.4 is 9.47 Å². The van der Waals surface area contributed by atoms with Crippen LogP contribution in [0.3, 0.4) is 0 Å². The van der Waals surface area contributed by atoms with E-state index in [1.807, 2.05) is 34.9 Å². The number of sulfone groups is 1. The molecule has 1 aromatic heterocycles. The minimum absolute atomic E-state index is 0.0193. The molecule has 2 heterocycles. The van der Waals surface area contributed by atoms with Gasteiger partial charge in [0.2, 0.25) is 0 Å². The highest BCUT2D eigenvalue weighted by Gasteiger charge is 2.29. The first-order valence-corrected chi connectivity index (χ1v) is 16.4. The molecule has 1 aliphatic heterocycles. The molecule has 11 heteroatoms. The van der Waals surface area contributed by atoms with E-state index < -0.39 is 21.6 Å². The van der Waals surface area contributed by atoms with E-state index >= 15 is 4.39 Å². The number of aromatic nitrogens is 2. The van der Waals surface area contributed by atoms with Gasteiger partial charge in [0.1, 0.15) is 39.6 Å². The second-order valence-electron chi connectivity index (χ2n) is 11.0. The van der Waals surface area contributed by atoms with E-state index in [0.717, 1.165) is 17.5 Å². The molecule has 1 unspecified atom stereocenters. The highest BCUT2D eigenvalue weighted by Crippen LogP contribution is 2.37. The number of methoxy groups -OCH3 is 1.